The summed E-state index contributed by atoms with van der Waals surface area (Å²) in [5.74, 6) is -0.255. The van der Waals surface area contributed by atoms with Gasteiger partial charge in [-0.2, -0.15) is 0 Å². The molecule has 0 aromatic heterocycles. The van der Waals surface area contributed by atoms with E-state index in [1.807, 2.05) is 27.8 Å². The first-order valence-corrected chi connectivity index (χ1v) is 10.3. The summed E-state index contributed by atoms with van der Waals surface area (Å²) in [5.41, 5.74) is -0.458. The van der Waals surface area contributed by atoms with Crippen molar-refractivity contribution in [3.05, 3.63) is 0 Å². The Bertz CT molecular complexity index is 363. The van der Waals surface area contributed by atoms with Crippen LogP contribution in [0.15, 0.2) is 0 Å². The van der Waals surface area contributed by atoms with Crippen molar-refractivity contribution in [3.63, 3.8) is 0 Å². The van der Waals surface area contributed by atoms with Crippen molar-refractivity contribution in [2.75, 3.05) is 92.9 Å². The predicted octanol–water partition coefficient (Wildman–Crippen LogP) is 1.04. The van der Waals surface area contributed by atoms with Crippen molar-refractivity contribution >= 4 is 5.97 Å². The molecule has 0 radical (unpaired) electrons. The summed E-state index contributed by atoms with van der Waals surface area (Å²) in [7, 11) is 1.89. The molecule has 29 heavy (non-hydrogen) atoms. The van der Waals surface area contributed by atoms with E-state index in [0.29, 0.717) is 79.3 Å². The summed E-state index contributed by atoms with van der Waals surface area (Å²) in [6.07, 6.45) is 0.246. The quantitative estimate of drug-likeness (QED) is 0.215. The number of esters is 1. The van der Waals surface area contributed by atoms with E-state index in [0.717, 1.165) is 6.54 Å². The van der Waals surface area contributed by atoms with Gasteiger partial charge in [-0.15, -0.1) is 0 Å². The number of hydrogen-bond donors (Lipinski definition) is 1. The lowest BCUT2D eigenvalue weighted by Gasteiger charge is -2.19. The van der Waals surface area contributed by atoms with Crippen LogP contribution in [0.1, 0.15) is 27.2 Å². The van der Waals surface area contributed by atoms with Crippen molar-refractivity contribution in [1.82, 2.24) is 5.32 Å². The van der Waals surface area contributed by atoms with Crippen LogP contribution in [0.25, 0.3) is 0 Å². The van der Waals surface area contributed by atoms with Crippen LogP contribution in [0.5, 0.6) is 0 Å². The van der Waals surface area contributed by atoms with Crippen LogP contribution in [0.4, 0.5) is 0 Å². The predicted molar refractivity (Wildman–Crippen MR) is 109 cm³/mol. The Morgan fingerprint density at radius 3 is 1.31 bits per heavy atom. The van der Waals surface area contributed by atoms with E-state index in [4.69, 9.17) is 33.2 Å². The average molecular weight is 424 g/mol. The molecule has 1 N–H and O–H groups in total. The lowest BCUT2D eigenvalue weighted by Crippen LogP contribution is -2.24. The molecule has 0 saturated carbocycles. The highest BCUT2D eigenvalue weighted by molar-refractivity contribution is 5.69. The third-order valence-electron chi connectivity index (χ3n) is 3.23. The maximum absolute atomic E-state index is 11.5. The van der Waals surface area contributed by atoms with E-state index in [1.165, 1.54) is 0 Å². The SMILES string of the molecule is CNCCOCCOCCOCCOCCOCCOCCC(=O)OC(C)(C)C. The van der Waals surface area contributed by atoms with Gasteiger partial charge in [-0.3, -0.25) is 4.79 Å². The second kappa shape index (κ2) is 20.5. The Morgan fingerprint density at radius 2 is 0.966 bits per heavy atom. The van der Waals surface area contributed by atoms with Gasteiger partial charge in [0.15, 0.2) is 0 Å². The fraction of sp³-hybridized carbons (Fsp3) is 0.950. The first-order valence-electron chi connectivity index (χ1n) is 10.3. The van der Waals surface area contributed by atoms with E-state index >= 15 is 0 Å². The van der Waals surface area contributed by atoms with Crippen molar-refractivity contribution in [1.29, 1.82) is 0 Å². The highest BCUT2D eigenvalue weighted by Crippen LogP contribution is 2.07. The van der Waals surface area contributed by atoms with Gasteiger partial charge in [0.2, 0.25) is 0 Å². The lowest BCUT2D eigenvalue weighted by molar-refractivity contribution is -0.156. The van der Waals surface area contributed by atoms with Crippen molar-refractivity contribution in [2.45, 2.75) is 32.8 Å². The Morgan fingerprint density at radius 1 is 0.621 bits per heavy atom. The van der Waals surface area contributed by atoms with Crippen molar-refractivity contribution in [2.24, 2.45) is 0 Å². The van der Waals surface area contributed by atoms with E-state index in [-0.39, 0.29) is 12.4 Å². The van der Waals surface area contributed by atoms with Crippen LogP contribution in [-0.4, -0.2) is 104 Å². The monoisotopic (exact) mass is 423 g/mol. The summed E-state index contributed by atoms with van der Waals surface area (Å²) >= 11 is 0. The normalized spacial score (nSPS) is 11.7. The van der Waals surface area contributed by atoms with E-state index in [9.17, 15) is 4.79 Å². The molecular formula is C20H41NO8. The molecule has 0 saturated heterocycles. The van der Waals surface area contributed by atoms with Gasteiger partial charge in [-0.05, 0) is 27.8 Å². The number of carbonyl (C=O) groups is 1. The van der Waals surface area contributed by atoms with Gasteiger partial charge in [0.1, 0.15) is 5.60 Å². The number of hydrogen-bond acceptors (Lipinski definition) is 9. The van der Waals surface area contributed by atoms with Gasteiger partial charge in [0.05, 0.1) is 85.7 Å². The second-order valence-corrected chi connectivity index (χ2v) is 7.11. The smallest absolute Gasteiger partial charge is 0.308 e. The van der Waals surface area contributed by atoms with E-state index in [2.05, 4.69) is 5.32 Å². The number of rotatable bonds is 21. The van der Waals surface area contributed by atoms with Gasteiger partial charge in [0, 0.05) is 6.54 Å². The molecule has 0 bridgehead atoms. The standard InChI is InChI=1S/C20H41NO8/c1-20(2,3)29-19(22)5-7-23-9-11-25-13-15-27-17-18-28-16-14-26-12-10-24-8-6-21-4/h21H,5-18H2,1-4H3. The fourth-order valence-corrected chi connectivity index (χ4v) is 1.92. The molecule has 0 unspecified atom stereocenters. The Hall–Kier alpha value is -0.810. The Balaban J connectivity index is 3.11. The summed E-state index contributed by atoms with van der Waals surface area (Å²) in [5, 5.41) is 3.01. The van der Waals surface area contributed by atoms with Crippen LogP contribution in [0.2, 0.25) is 0 Å². The van der Waals surface area contributed by atoms with Crippen molar-refractivity contribution in [3.8, 4) is 0 Å². The highest BCUT2D eigenvalue weighted by Gasteiger charge is 2.15. The minimum absolute atomic E-state index is 0.246. The van der Waals surface area contributed by atoms with Gasteiger partial charge < -0.3 is 38.5 Å². The van der Waals surface area contributed by atoms with Gasteiger partial charge in [-0.25, -0.2) is 0 Å². The van der Waals surface area contributed by atoms with Gasteiger partial charge in [0.25, 0.3) is 0 Å². The maximum atomic E-state index is 11.5. The highest BCUT2D eigenvalue weighted by atomic mass is 16.6. The molecule has 0 fully saturated rings. The average Bonchev–Trinajstić information content (AvgIpc) is 2.65. The molecule has 0 heterocycles. The summed E-state index contributed by atoms with van der Waals surface area (Å²) < 4.78 is 37.4. The molecule has 9 nitrogen and oxygen atoms in total. The second-order valence-electron chi connectivity index (χ2n) is 7.11. The zero-order valence-electron chi connectivity index (χ0n) is 18.7. The van der Waals surface area contributed by atoms with Crippen LogP contribution in [0, 0.1) is 0 Å². The third-order valence-corrected chi connectivity index (χ3v) is 3.23. The number of nitrogens with one attached hydrogen (secondary N) is 1. The maximum Gasteiger partial charge on any atom is 0.308 e. The summed E-state index contributed by atoms with van der Waals surface area (Å²) in [6, 6.07) is 0. The minimum Gasteiger partial charge on any atom is -0.460 e. The fourth-order valence-electron chi connectivity index (χ4n) is 1.92. The molecule has 0 aliphatic heterocycles. The van der Waals surface area contributed by atoms with Crippen molar-refractivity contribution < 1.29 is 38.0 Å². The van der Waals surface area contributed by atoms with E-state index < -0.39 is 5.60 Å². The molecule has 9 heteroatoms. The largest absolute Gasteiger partial charge is 0.460 e. The van der Waals surface area contributed by atoms with Gasteiger partial charge in [-0.1, -0.05) is 0 Å². The van der Waals surface area contributed by atoms with E-state index in [1.54, 1.807) is 0 Å². The zero-order valence-corrected chi connectivity index (χ0v) is 18.7. The lowest BCUT2D eigenvalue weighted by atomic mass is 10.2. The molecular weight excluding hydrogens is 382 g/mol. The third kappa shape index (κ3) is 25.2. The van der Waals surface area contributed by atoms with Crippen LogP contribution < -0.4 is 5.32 Å². The summed E-state index contributed by atoms with van der Waals surface area (Å²) in [4.78, 5) is 11.5. The first-order chi connectivity index (χ1) is 14.0. The molecule has 174 valence electrons. The molecule has 0 aliphatic carbocycles. The van der Waals surface area contributed by atoms with Crippen LogP contribution >= 0.6 is 0 Å². The molecule has 0 spiro atoms. The summed E-state index contributed by atoms with van der Waals surface area (Å²) in [6.45, 7) is 12.6. The molecule has 0 aromatic carbocycles. The molecule has 0 amide bonds. The molecule has 0 aromatic rings. The van der Waals surface area contributed by atoms with Crippen LogP contribution in [0.3, 0.4) is 0 Å². The zero-order chi connectivity index (χ0) is 21.6. The first kappa shape index (κ1) is 28.2. The number of likely N-dealkylation sites (N-methyl/N-ethyl adjacent to an activating group) is 1. The van der Waals surface area contributed by atoms with Crippen LogP contribution in [-0.2, 0) is 38.0 Å². The molecule has 0 rings (SSSR count). The minimum atomic E-state index is -0.458. The molecule has 0 atom stereocenters. The number of carbonyl (C=O) groups excluding carboxylic acids is 1. The van der Waals surface area contributed by atoms with Gasteiger partial charge >= 0.3 is 5.97 Å². The topological polar surface area (TPSA) is 93.7 Å². The number of ether oxygens (including phenoxy) is 7. The Labute approximate surface area is 175 Å². The Kier molecular flexibility index (Phi) is 19.9. The molecule has 0 aliphatic rings.